The van der Waals surface area contributed by atoms with E-state index in [1.54, 1.807) is 6.20 Å². The van der Waals surface area contributed by atoms with Crippen molar-refractivity contribution in [1.29, 1.82) is 0 Å². The van der Waals surface area contributed by atoms with Crippen molar-refractivity contribution in [2.24, 2.45) is 4.99 Å². The van der Waals surface area contributed by atoms with E-state index in [9.17, 15) is 4.79 Å². The summed E-state index contributed by atoms with van der Waals surface area (Å²) in [7, 11) is 0. The van der Waals surface area contributed by atoms with Crippen molar-refractivity contribution in [3.8, 4) is 0 Å². The summed E-state index contributed by atoms with van der Waals surface area (Å²) >= 11 is 6.04. The van der Waals surface area contributed by atoms with Crippen LogP contribution < -0.4 is 15.5 Å². The first-order valence-electron chi connectivity index (χ1n) is 10.9. The summed E-state index contributed by atoms with van der Waals surface area (Å²) < 4.78 is 0. The van der Waals surface area contributed by atoms with Gasteiger partial charge in [0.05, 0.1) is 6.54 Å². The highest BCUT2D eigenvalue weighted by molar-refractivity contribution is 6.30. The molecule has 8 heteroatoms. The summed E-state index contributed by atoms with van der Waals surface area (Å²) in [6.07, 6.45) is 3.06. The van der Waals surface area contributed by atoms with E-state index in [2.05, 4.69) is 31.6 Å². The molecule has 1 aliphatic rings. The van der Waals surface area contributed by atoms with Crippen LogP contribution >= 0.6 is 11.6 Å². The van der Waals surface area contributed by atoms with Crippen molar-refractivity contribution in [2.45, 2.75) is 19.8 Å². The summed E-state index contributed by atoms with van der Waals surface area (Å²) in [5.74, 6) is 1.86. The number of anilines is 1. The van der Waals surface area contributed by atoms with Gasteiger partial charge in [-0.1, -0.05) is 29.8 Å². The monoisotopic (exact) mass is 442 g/mol. The number of guanidine groups is 1. The minimum absolute atomic E-state index is 0.152. The first-order chi connectivity index (χ1) is 15.2. The molecule has 2 heterocycles. The number of nitrogens with zero attached hydrogens (tertiary/aromatic N) is 4. The molecule has 3 rings (SSSR count). The molecule has 0 bridgehead atoms. The van der Waals surface area contributed by atoms with Crippen LogP contribution in [-0.4, -0.2) is 67.6 Å². The molecule has 1 aliphatic heterocycles. The Morgan fingerprint density at radius 1 is 1.13 bits per heavy atom. The summed E-state index contributed by atoms with van der Waals surface area (Å²) in [6.45, 7) is 7.06. The Balaban J connectivity index is 1.40. The van der Waals surface area contributed by atoms with Gasteiger partial charge in [-0.25, -0.2) is 4.98 Å². The number of nitrogens with one attached hydrogen (secondary N) is 2. The summed E-state index contributed by atoms with van der Waals surface area (Å²) in [4.78, 5) is 25.7. The molecular formula is C23H31ClN6O. The zero-order valence-electron chi connectivity index (χ0n) is 18.1. The maximum atomic E-state index is 12.6. The van der Waals surface area contributed by atoms with Crippen LogP contribution in [0.15, 0.2) is 53.7 Å². The fourth-order valence-corrected chi connectivity index (χ4v) is 3.72. The summed E-state index contributed by atoms with van der Waals surface area (Å²) in [5.41, 5.74) is 1.18. The second kappa shape index (κ2) is 12.2. The molecule has 0 atom stereocenters. The van der Waals surface area contributed by atoms with Crippen LogP contribution in [0.2, 0.25) is 5.02 Å². The van der Waals surface area contributed by atoms with Gasteiger partial charge in [0.25, 0.3) is 0 Å². The van der Waals surface area contributed by atoms with Gasteiger partial charge in [0.2, 0.25) is 5.91 Å². The number of amides is 1. The third kappa shape index (κ3) is 7.43. The lowest BCUT2D eigenvalue weighted by Crippen LogP contribution is -2.49. The molecule has 1 aromatic carbocycles. The van der Waals surface area contributed by atoms with Crippen LogP contribution in [0.1, 0.15) is 18.9 Å². The average molecular weight is 443 g/mol. The van der Waals surface area contributed by atoms with E-state index >= 15 is 0 Å². The Labute approximate surface area is 189 Å². The highest BCUT2D eigenvalue weighted by atomic mass is 35.5. The van der Waals surface area contributed by atoms with Crippen LogP contribution in [0.5, 0.6) is 0 Å². The Hall–Kier alpha value is -2.80. The van der Waals surface area contributed by atoms with E-state index in [4.69, 9.17) is 11.6 Å². The Morgan fingerprint density at radius 2 is 1.97 bits per heavy atom. The molecule has 0 spiro atoms. The Morgan fingerprint density at radius 3 is 2.68 bits per heavy atom. The zero-order chi connectivity index (χ0) is 21.9. The molecule has 2 N–H and O–H groups in total. The lowest BCUT2D eigenvalue weighted by Gasteiger charge is -2.35. The van der Waals surface area contributed by atoms with E-state index in [1.165, 1.54) is 5.56 Å². The largest absolute Gasteiger partial charge is 0.357 e. The third-order valence-corrected chi connectivity index (χ3v) is 5.38. The molecule has 0 unspecified atom stereocenters. The van der Waals surface area contributed by atoms with E-state index in [-0.39, 0.29) is 5.91 Å². The van der Waals surface area contributed by atoms with E-state index in [0.717, 1.165) is 62.5 Å². The van der Waals surface area contributed by atoms with Gasteiger partial charge in [-0.3, -0.25) is 9.79 Å². The molecule has 166 valence electrons. The molecular weight excluding hydrogens is 412 g/mol. The predicted molar refractivity (Wildman–Crippen MR) is 127 cm³/mol. The molecule has 1 amide bonds. The molecule has 7 nitrogen and oxygen atoms in total. The van der Waals surface area contributed by atoms with Gasteiger partial charge in [0.1, 0.15) is 5.82 Å². The van der Waals surface area contributed by atoms with Gasteiger partial charge in [0.15, 0.2) is 5.96 Å². The van der Waals surface area contributed by atoms with Crippen molar-refractivity contribution in [3.05, 3.63) is 59.2 Å². The molecule has 0 saturated carbocycles. The number of pyridine rings is 1. The van der Waals surface area contributed by atoms with Crippen molar-refractivity contribution >= 4 is 29.3 Å². The number of hydrogen-bond acceptors (Lipinski definition) is 4. The predicted octanol–water partition coefficient (Wildman–Crippen LogP) is 2.57. The van der Waals surface area contributed by atoms with Gasteiger partial charge >= 0.3 is 0 Å². The van der Waals surface area contributed by atoms with Gasteiger partial charge in [-0.2, -0.15) is 0 Å². The van der Waals surface area contributed by atoms with Crippen LogP contribution in [0.3, 0.4) is 0 Å². The second-order valence-electron chi connectivity index (χ2n) is 7.37. The number of carbonyl (C=O) groups is 1. The van der Waals surface area contributed by atoms with Crippen LogP contribution in [-0.2, 0) is 11.2 Å². The van der Waals surface area contributed by atoms with Gasteiger partial charge in [0, 0.05) is 56.9 Å². The van der Waals surface area contributed by atoms with E-state index < -0.39 is 0 Å². The second-order valence-corrected chi connectivity index (χ2v) is 7.81. The number of benzene rings is 1. The first-order valence-corrected chi connectivity index (χ1v) is 11.2. The molecule has 1 fully saturated rings. The highest BCUT2D eigenvalue weighted by Crippen LogP contribution is 2.13. The standard InChI is InChI=1S/C23H31ClN6O/c1-2-25-23(27-12-9-19-6-5-7-20(24)18-19)28-13-10-22(31)30-16-14-29(15-17-30)21-8-3-4-11-26-21/h3-8,11,18H,2,9-10,12-17H2,1H3,(H2,25,27,28). The van der Waals surface area contributed by atoms with Crippen molar-refractivity contribution in [2.75, 3.05) is 50.7 Å². The number of aliphatic imine (C=N–C) groups is 1. The van der Waals surface area contributed by atoms with Gasteiger partial charge < -0.3 is 20.4 Å². The molecule has 31 heavy (non-hydrogen) atoms. The normalized spacial score (nSPS) is 14.5. The fraction of sp³-hybridized carbons (Fsp3) is 0.435. The van der Waals surface area contributed by atoms with Crippen LogP contribution in [0.25, 0.3) is 0 Å². The number of carbonyl (C=O) groups excluding carboxylic acids is 1. The number of hydrogen-bond donors (Lipinski definition) is 2. The SMILES string of the molecule is CCNC(=NCCC(=O)N1CCN(c2ccccn2)CC1)NCCc1cccc(Cl)c1. The number of halogens is 1. The zero-order valence-corrected chi connectivity index (χ0v) is 18.8. The smallest absolute Gasteiger partial charge is 0.224 e. The van der Waals surface area contributed by atoms with E-state index in [1.807, 2.05) is 48.2 Å². The summed E-state index contributed by atoms with van der Waals surface area (Å²) in [6, 6.07) is 13.8. The number of aromatic nitrogens is 1. The summed E-state index contributed by atoms with van der Waals surface area (Å²) in [5, 5.41) is 7.30. The minimum atomic E-state index is 0.152. The average Bonchev–Trinajstić information content (AvgIpc) is 2.80. The molecule has 1 saturated heterocycles. The first kappa shape index (κ1) is 22.9. The topological polar surface area (TPSA) is 72.9 Å². The lowest BCUT2D eigenvalue weighted by molar-refractivity contribution is -0.131. The minimum Gasteiger partial charge on any atom is -0.357 e. The van der Waals surface area contributed by atoms with Gasteiger partial charge in [-0.15, -0.1) is 0 Å². The van der Waals surface area contributed by atoms with Crippen molar-refractivity contribution < 1.29 is 4.79 Å². The Bertz CT molecular complexity index is 852. The molecule has 0 radical (unpaired) electrons. The maximum Gasteiger partial charge on any atom is 0.224 e. The molecule has 2 aromatic rings. The molecule has 1 aromatic heterocycles. The molecule has 0 aliphatic carbocycles. The number of piperazine rings is 1. The van der Waals surface area contributed by atoms with Gasteiger partial charge in [-0.05, 0) is 43.2 Å². The Kier molecular flexibility index (Phi) is 8.97. The highest BCUT2D eigenvalue weighted by Gasteiger charge is 2.21. The van der Waals surface area contributed by atoms with E-state index in [0.29, 0.717) is 13.0 Å². The third-order valence-electron chi connectivity index (χ3n) is 5.14. The maximum absolute atomic E-state index is 12.6. The number of rotatable bonds is 8. The van der Waals surface area contributed by atoms with Crippen LogP contribution in [0.4, 0.5) is 5.82 Å². The van der Waals surface area contributed by atoms with Crippen LogP contribution in [0, 0.1) is 0 Å². The van der Waals surface area contributed by atoms with Crippen molar-refractivity contribution in [3.63, 3.8) is 0 Å². The lowest BCUT2D eigenvalue weighted by atomic mass is 10.1. The quantitative estimate of drug-likeness (QED) is 0.485. The van der Waals surface area contributed by atoms with Crippen molar-refractivity contribution in [1.82, 2.24) is 20.5 Å². The fourth-order valence-electron chi connectivity index (χ4n) is 3.51.